The molecule has 0 radical (unpaired) electrons. The number of piperidine rings is 1. The van der Waals surface area contributed by atoms with Gasteiger partial charge in [0.25, 0.3) is 0 Å². The number of ketones is 1. The number of phenols is 1. The highest BCUT2D eigenvalue weighted by Crippen LogP contribution is 2.58. The molecule has 1 aromatic carbocycles. The van der Waals surface area contributed by atoms with Crippen molar-refractivity contribution in [3.8, 4) is 5.75 Å². The highest BCUT2D eigenvalue weighted by molar-refractivity contribution is 5.78. The molecule has 0 spiro atoms. The number of carbonyl (C=O) groups excluding carboxylic acids is 1. The van der Waals surface area contributed by atoms with Crippen LogP contribution < -0.4 is 0 Å². The van der Waals surface area contributed by atoms with Crippen molar-refractivity contribution in [2.75, 3.05) is 13.6 Å². The van der Waals surface area contributed by atoms with E-state index in [-0.39, 0.29) is 10.8 Å². The van der Waals surface area contributed by atoms with Crippen LogP contribution in [0.2, 0.25) is 0 Å². The number of carbonyl (C=O) groups is 1. The van der Waals surface area contributed by atoms with Gasteiger partial charge in [0.2, 0.25) is 0 Å². The minimum atomic E-state index is 0.0161. The summed E-state index contributed by atoms with van der Waals surface area (Å²) in [5, 5.41) is 10.1. The molecule has 3 nitrogen and oxygen atoms in total. The Morgan fingerprint density at radius 1 is 1.21 bits per heavy atom. The largest absolute Gasteiger partial charge is 0.508 e. The quantitative estimate of drug-likeness (QED) is 0.731. The number of likely N-dealkylation sites (tertiary alicyclic amines) is 1. The minimum Gasteiger partial charge on any atom is -0.508 e. The number of likely N-dealkylation sites (N-methyl/N-ethyl adjacent to an activating group) is 1. The third-order valence-electron chi connectivity index (χ3n) is 8.82. The van der Waals surface area contributed by atoms with E-state index in [9.17, 15) is 9.90 Å². The fraction of sp³-hybridized carbons (Fsp3) is 0.720. The summed E-state index contributed by atoms with van der Waals surface area (Å²) in [6.07, 6.45) is 11.0. The minimum absolute atomic E-state index is 0.0161. The van der Waals surface area contributed by atoms with Crippen LogP contribution in [0.4, 0.5) is 0 Å². The lowest BCUT2D eigenvalue weighted by atomic mass is 9.49. The van der Waals surface area contributed by atoms with Crippen LogP contribution in [0.1, 0.15) is 82.8 Å². The topological polar surface area (TPSA) is 40.5 Å². The Morgan fingerprint density at radius 3 is 2.71 bits per heavy atom. The van der Waals surface area contributed by atoms with E-state index in [4.69, 9.17) is 0 Å². The highest BCUT2D eigenvalue weighted by atomic mass is 16.3. The van der Waals surface area contributed by atoms with Crippen molar-refractivity contribution in [2.24, 2.45) is 11.3 Å². The third kappa shape index (κ3) is 3.30. The van der Waals surface area contributed by atoms with Gasteiger partial charge in [-0.1, -0.05) is 45.6 Å². The van der Waals surface area contributed by atoms with Crippen molar-refractivity contribution in [1.82, 2.24) is 4.90 Å². The summed E-state index contributed by atoms with van der Waals surface area (Å²) < 4.78 is 0. The smallest absolute Gasteiger partial charge is 0.132 e. The van der Waals surface area contributed by atoms with Crippen molar-refractivity contribution in [3.05, 3.63) is 29.3 Å². The molecule has 3 heteroatoms. The van der Waals surface area contributed by atoms with Gasteiger partial charge in [-0.2, -0.15) is 0 Å². The summed E-state index contributed by atoms with van der Waals surface area (Å²) in [7, 11) is 2.25. The third-order valence-corrected chi connectivity index (χ3v) is 8.82. The predicted molar refractivity (Wildman–Crippen MR) is 114 cm³/mol. The summed E-state index contributed by atoms with van der Waals surface area (Å²) in [6.45, 7) is 5.87. The summed E-state index contributed by atoms with van der Waals surface area (Å²) >= 11 is 0. The van der Waals surface area contributed by atoms with Crippen LogP contribution in [0, 0.1) is 11.3 Å². The van der Waals surface area contributed by atoms with Crippen molar-refractivity contribution >= 4 is 5.78 Å². The van der Waals surface area contributed by atoms with Gasteiger partial charge in [0.15, 0.2) is 0 Å². The van der Waals surface area contributed by atoms with Crippen LogP contribution in [0.5, 0.6) is 5.75 Å². The highest BCUT2D eigenvalue weighted by Gasteiger charge is 2.57. The first-order chi connectivity index (χ1) is 13.3. The van der Waals surface area contributed by atoms with Gasteiger partial charge >= 0.3 is 0 Å². The van der Waals surface area contributed by atoms with Crippen LogP contribution in [0.25, 0.3) is 0 Å². The molecule has 3 aliphatic rings. The maximum absolute atomic E-state index is 12.7. The van der Waals surface area contributed by atoms with E-state index in [0.717, 1.165) is 44.6 Å². The number of hydrogen-bond donors (Lipinski definition) is 1. The Hall–Kier alpha value is -1.35. The maximum atomic E-state index is 12.7. The Labute approximate surface area is 170 Å². The van der Waals surface area contributed by atoms with E-state index < -0.39 is 0 Å². The molecule has 1 N–H and O–H groups in total. The first kappa shape index (κ1) is 19.9. The molecule has 28 heavy (non-hydrogen) atoms. The SMILES string of the molecule is CN1CC[C@@]2(C)c3cc(O)ccc3C[C@H]1C2(C)CCC(=O)CCC1CCCC1. The Balaban J connectivity index is 1.52. The summed E-state index contributed by atoms with van der Waals surface area (Å²) in [6, 6.07) is 6.40. The van der Waals surface area contributed by atoms with Crippen LogP contribution in [0.3, 0.4) is 0 Å². The van der Waals surface area contributed by atoms with E-state index in [1.165, 1.54) is 36.8 Å². The van der Waals surface area contributed by atoms with Crippen molar-refractivity contribution in [1.29, 1.82) is 0 Å². The summed E-state index contributed by atoms with van der Waals surface area (Å²) in [4.78, 5) is 15.3. The average Bonchev–Trinajstić information content (AvgIpc) is 3.19. The molecule has 154 valence electrons. The molecule has 1 aromatic rings. The lowest BCUT2D eigenvalue weighted by Crippen LogP contribution is -2.64. The molecule has 3 atom stereocenters. The molecule has 2 fully saturated rings. The lowest BCUT2D eigenvalue weighted by molar-refractivity contribution is -0.121. The number of Topliss-reactive ketones (excluding diaryl/α,β-unsaturated/α-hetero) is 1. The average molecular weight is 384 g/mol. The van der Waals surface area contributed by atoms with E-state index in [2.05, 4.69) is 31.9 Å². The Kier molecular flexibility index (Phi) is 5.33. The molecule has 4 rings (SSSR count). The van der Waals surface area contributed by atoms with E-state index in [1.54, 1.807) is 0 Å². The second kappa shape index (κ2) is 7.48. The molecule has 1 heterocycles. The van der Waals surface area contributed by atoms with Crippen molar-refractivity contribution in [2.45, 2.75) is 89.5 Å². The molecule has 1 aliphatic heterocycles. The second-order valence-electron chi connectivity index (χ2n) is 10.3. The van der Waals surface area contributed by atoms with Crippen LogP contribution >= 0.6 is 0 Å². The number of rotatable bonds is 6. The molecular formula is C25H37NO2. The maximum Gasteiger partial charge on any atom is 0.132 e. The molecule has 1 saturated carbocycles. The number of phenolic OH excluding ortho intramolecular Hbond substituents is 1. The number of aromatic hydroxyl groups is 1. The second-order valence-corrected chi connectivity index (χ2v) is 10.3. The monoisotopic (exact) mass is 383 g/mol. The predicted octanol–water partition coefficient (Wildman–Crippen LogP) is 5.24. The van der Waals surface area contributed by atoms with Gasteiger partial charge in [-0.05, 0) is 73.9 Å². The van der Waals surface area contributed by atoms with Gasteiger partial charge in [-0.15, -0.1) is 0 Å². The number of hydrogen-bond acceptors (Lipinski definition) is 3. The molecular weight excluding hydrogens is 346 g/mol. The lowest BCUT2D eigenvalue weighted by Gasteiger charge is -2.62. The Bertz CT molecular complexity index is 738. The fourth-order valence-electron chi connectivity index (χ4n) is 6.61. The van der Waals surface area contributed by atoms with Crippen molar-refractivity contribution in [3.63, 3.8) is 0 Å². The number of benzene rings is 1. The van der Waals surface area contributed by atoms with Crippen LogP contribution in [0.15, 0.2) is 18.2 Å². The van der Waals surface area contributed by atoms with E-state index >= 15 is 0 Å². The van der Waals surface area contributed by atoms with E-state index in [0.29, 0.717) is 24.0 Å². The molecule has 0 aromatic heterocycles. The fourth-order valence-corrected chi connectivity index (χ4v) is 6.61. The molecule has 0 amide bonds. The molecule has 2 bridgehead atoms. The van der Waals surface area contributed by atoms with Gasteiger partial charge in [0, 0.05) is 24.3 Å². The van der Waals surface area contributed by atoms with Crippen molar-refractivity contribution < 1.29 is 9.90 Å². The zero-order chi connectivity index (χ0) is 19.9. The standard InChI is InChI=1S/C25H37NO2/c1-24-14-15-26(3)23(16-19-9-11-21(28)17-22(19)24)25(24,2)13-12-20(27)10-8-18-6-4-5-7-18/h9,11,17-18,23,28H,4-8,10,12-16H2,1-3H3/t23-,24-,25?/m0/s1. The normalized spacial score (nSPS) is 33.0. The first-order valence-electron chi connectivity index (χ1n) is 11.4. The zero-order valence-corrected chi connectivity index (χ0v) is 18.0. The summed E-state index contributed by atoms with van der Waals surface area (Å²) in [5.41, 5.74) is 2.77. The van der Waals surface area contributed by atoms with Gasteiger partial charge in [0.1, 0.15) is 11.5 Å². The van der Waals surface area contributed by atoms with E-state index in [1.807, 2.05) is 12.1 Å². The Morgan fingerprint density at radius 2 is 1.96 bits per heavy atom. The molecule has 2 aliphatic carbocycles. The van der Waals surface area contributed by atoms with Crippen LogP contribution in [-0.2, 0) is 16.6 Å². The molecule has 1 unspecified atom stereocenters. The zero-order valence-electron chi connectivity index (χ0n) is 18.0. The van der Waals surface area contributed by atoms with Gasteiger partial charge in [0.05, 0.1) is 0 Å². The van der Waals surface area contributed by atoms with Gasteiger partial charge in [-0.3, -0.25) is 4.79 Å². The summed E-state index contributed by atoms with van der Waals surface area (Å²) in [5.74, 6) is 1.62. The number of fused-ring (bicyclic) bond motifs is 4. The van der Waals surface area contributed by atoms with Gasteiger partial charge < -0.3 is 10.0 Å². The molecule has 1 saturated heterocycles. The number of nitrogens with zero attached hydrogens (tertiary/aromatic N) is 1. The van der Waals surface area contributed by atoms with Crippen LogP contribution in [-0.4, -0.2) is 35.4 Å². The van der Waals surface area contributed by atoms with Gasteiger partial charge in [-0.25, -0.2) is 0 Å². The first-order valence-corrected chi connectivity index (χ1v) is 11.4.